The summed E-state index contributed by atoms with van der Waals surface area (Å²) in [6.45, 7) is 19.5. The zero-order chi connectivity index (χ0) is 27.2. The van der Waals surface area contributed by atoms with E-state index >= 15 is 0 Å². The summed E-state index contributed by atoms with van der Waals surface area (Å²) in [5, 5.41) is 3.16. The maximum absolute atomic E-state index is 13.2. The molecule has 38 heavy (non-hydrogen) atoms. The number of rotatable bonds is 9. The van der Waals surface area contributed by atoms with E-state index in [4.69, 9.17) is 9.31 Å². The first-order chi connectivity index (χ1) is 18.0. The number of nitrogens with zero attached hydrogens (tertiary/aromatic N) is 3. The van der Waals surface area contributed by atoms with Gasteiger partial charge in [-0.2, -0.15) is 0 Å². The molecule has 9 heteroatoms. The lowest BCUT2D eigenvalue weighted by molar-refractivity contribution is -0.199. The van der Waals surface area contributed by atoms with Crippen molar-refractivity contribution in [2.24, 2.45) is 23.2 Å². The van der Waals surface area contributed by atoms with Gasteiger partial charge in [0, 0.05) is 50.7 Å². The molecule has 2 aliphatic heterocycles. The van der Waals surface area contributed by atoms with Crippen LogP contribution in [0, 0.1) is 23.2 Å². The third-order valence-electron chi connectivity index (χ3n) is 9.79. The number of carbonyl (C=O) groups excluding carboxylic acids is 1. The van der Waals surface area contributed by atoms with Crippen molar-refractivity contribution >= 4 is 18.7 Å². The molecule has 0 spiro atoms. The molecule has 1 N–H and O–H groups in total. The number of hydrogen-bond acceptors (Lipinski definition) is 6. The molecule has 5 fully saturated rings. The third-order valence-corrected chi connectivity index (χ3v) is 9.79. The van der Waals surface area contributed by atoms with E-state index in [1.165, 1.54) is 11.0 Å². The molecule has 2 bridgehead atoms. The Morgan fingerprint density at radius 1 is 1.24 bits per heavy atom. The lowest BCUT2D eigenvalue weighted by Gasteiger charge is -2.64. The highest BCUT2D eigenvalue weighted by Gasteiger charge is 2.68. The van der Waals surface area contributed by atoms with Gasteiger partial charge in [0.25, 0.3) is 5.56 Å². The van der Waals surface area contributed by atoms with Gasteiger partial charge in [-0.1, -0.05) is 33.8 Å². The fourth-order valence-electron chi connectivity index (χ4n) is 7.42. The van der Waals surface area contributed by atoms with Gasteiger partial charge in [0.2, 0.25) is 5.91 Å². The number of amides is 1. The van der Waals surface area contributed by atoms with Gasteiger partial charge < -0.3 is 24.1 Å². The highest BCUT2D eigenvalue weighted by atomic mass is 16.7. The Hall–Kier alpha value is -2.10. The monoisotopic (exact) mass is 524 g/mol. The molecule has 5 atom stereocenters. The van der Waals surface area contributed by atoms with E-state index in [1.807, 2.05) is 12.1 Å². The molecule has 0 aromatic carbocycles. The minimum absolute atomic E-state index is 0.0219. The molecular weight excluding hydrogens is 479 g/mol. The quantitative estimate of drug-likeness (QED) is 0.396. The van der Waals surface area contributed by atoms with Gasteiger partial charge in [0.05, 0.1) is 17.6 Å². The van der Waals surface area contributed by atoms with Crippen LogP contribution in [0.3, 0.4) is 0 Å². The number of piperazine rings is 1. The van der Waals surface area contributed by atoms with Crippen molar-refractivity contribution < 1.29 is 14.1 Å². The Morgan fingerprint density at radius 3 is 2.61 bits per heavy atom. The summed E-state index contributed by atoms with van der Waals surface area (Å²) in [4.78, 5) is 30.6. The van der Waals surface area contributed by atoms with Crippen LogP contribution in [0.2, 0.25) is 0 Å². The van der Waals surface area contributed by atoms with Crippen molar-refractivity contribution in [1.82, 2.24) is 14.8 Å². The third kappa shape index (κ3) is 5.09. The van der Waals surface area contributed by atoms with Crippen molar-refractivity contribution in [2.75, 3.05) is 37.6 Å². The minimum atomic E-state index is -0.467. The Bertz CT molecular complexity index is 1100. The number of nitrogens with one attached hydrogen (secondary N) is 1. The zero-order valence-corrected chi connectivity index (χ0v) is 23.8. The molecule has 8 nitrogen and oxygen atoms in total. The minimum Gasteiger partial charge on any atom is -0.404 e. The van der Waals surface area contributed by atoms with Crippen LogP contribution < -0.4 is 15.8 Å². The molecule has 3 heterocycles. The Balaban J connectivity index is 1.21. The molecule has 5 aliphatic rings. The molecular formula is C29H45BN4O4. The predicted molar refractivity (Wildman–Crippen MR) is 151 cm³/mol. The van der Waals surface area contributed by atoms with E-state index < -0.39 is 7.12 Å². The molecule has 1 aromatic heterocycles. The number of hydrogen-bond donors (Lipinski definition) is 1. The second-order valence-corrected chi connectivity index (χ2v) is 13.1. The van der Waals surface area contributed by atoms with E-state index in [2.05, 4.69) is 56.3 Å². The van der Waals surface area contributed by atoms with Crippen LogP contribution >= 0.6 is 0 Å². The summed E-state index contributed by atoms with van der Waals surface area (Å²) < 4.78 is 14.6. The maximum atomic E-state index is 13.2. The molecule has 6 rings (SSSR count). The van der Waals surface area contributed by atoms with E-state index in [0.717, 1.165) is 51.3 Å². The standard InChI is InChI=1S/C29H45BN4O4/c1-7-9-32-11-13-33(14-12-32)22-8-10-34(27(36)18-22)19-26(35)31-25(15-20(2)3)30-37-24-17-21-16-23(28(21,4)5)29(24,6)38-30/h7-8,10,18,20-21,23-25H,1,9,11-17,19H2,2-6H3,(H,31,35)/t21-,23-,24+,25-,29-/m0/s1. The van der Waals surface area contributed by atoms with Crippen LogP contribution in [0.4, 0.5) is 5.69 Å². The van der Waals surface area contributed by atoms with E-state index in [9.17, 15) is 9.59 Å². The summed E-state index contributed by atoms with van der Waals surface area (Å²) in [6.07, 6.45) is 6.70. The zero-order valence-electron chi connectivity index (χ0n) is 23.8. The van der Waals surface area contributed by atoms with Gasteiger partial charge in [0.1, 0.15) is 6.54 Å². The van der Waals surface area contributed by atoms with Crippen LogP contribution in [0.25, 0.3) is 0 Å². The summed E-state index contributed by atoms with van der Waals surface area (Å²) in [5.74, 6) is 1.06. The number of anilines is 1. The van der Waals surface area contributed by atoms with E-state index in [1.54, 1.807) is 12.3 Å². The van der Waals surface area contributed by atoms with Crippen LogP contribution in [-0.4, -0.2) is 72.9 Å². The van der Waals surface area contributed by atoms with Gasteiger partial charge in [-0.05, 0) is 55.4 Å². The number of aromatic nitrogens is 1. The number of pyridine rings is 1. The molecule has 1 amide bonds. The molecule has 2 saturated heterocycles. The van der Waals surface area contributed by atoms with Gasteiger partial charge in [-0.25, -0.2) is 0 Å². The Kier molecular flexibility index (Phi) is 7.57. The smallest absolute Gasteiger partial charge is 0.404 e. The molecule has 0 unspecified atom stereocenters. The molecule has 3 aliphatic carbocycles. The second-order valence-electron chi connectivity index (χ2n) is 13.1. The first kappa shape index (κ1) is 27.5. The molecule has 208 valence electrons. The second kappa shape index (κ2) is 10.5. The lowest BCUT2D eigenvalue weighted by atomic mass is 9.43. The Labute approximate surface area is 227 Å². The summed E-state index contributed by atoms with van der Waals surface area (Å²) in [7, 11) is -0.467. The number of carbonyl (C=O) groups is 1. The predicted octanol–water partition coefficient (Wildman–Crippen LogP) is 2.95. The first-order valence-electron chi connectivity index (χ1n) is 14.4. The Morgan fingerprint density at radius 2 is 1.97 bits per heavy atom. The normalized spacial score (nSPS) is 31.1. The molecule has 1 aromatic rings. The highest BCUT2D eigenvalue weighted by molar-refractivity contribution is 6.47. The fraction of sp³-hybridized carbons (Fsp3) is 0.724. The van der Waals surface area contributed by atoms with E-state index in [0.29, 0.717) is 17.8 Å². The van der Waals surface area contributed by atoms with Crippen molar-refractivity contribution in [1.29, 1.82) is 0 Å². The van der Waals surface area contributed by atoms with Crippen LogP contribution in [-0.2, 0) is 20.6 Å². The van der Waals surface area contributed by atoms with Crippen molar-refractivity contribution in [3.63, 3.8) is 0 Å². The summed E-state index contributed by atoms with van der Waals surface area (Å²) >= 11 is 0. The van der Waals surface area contributed by atoms with Crippen molar-refractivity contribution in [3.05, 3.63) is 41.3 Å². The first-order valence-corrected chi connectivity index (χ1v) is 14.4. The average Bonchev–Trinajstić information content (AvgIpc) is 3.22. The topological polar surface area (TPSA) is 76.0 Å². The largest absolute Gasteiger partial charge is 0.481 e. The van der Waals surface area contributed by atoms with E-state index in [-0.39, 0.29) is 41.1 Å². The summed E-state index contributed by atoms with van der Waals surface area (Å²) in [6, 6.07) is 3.58. The SMILES string of the molecule is C=CCN1CCN(c2ccn(CC(=O)N[C@@H](CC(C)C)B3O[C@@H]4C[C@@H]5C[C@@H](C5(C)C)[C@]4(C)O3)c(=O)c2)CC1. The molecule has 3 saturated carbocycles. The van der Waals surface area contributed by atoms with Gasteiger partial charge >= 0.3 is 7.12 Å². The lowest BCUT2D eigenvalue weighted by Crippen LogP contribution is -2.65. The van der Waals surface area contributed by atoms with Crippen molar-refractivity contribution in [3.8, 4) is 0 Å². The van der Waals surface area contributed by atoms with Crippen LogP contribution in [0.1, 0.15) is 53.9 Å². The van der Waals surface area contributed by atoms with Crippen molar-refractivity contribution in [2.45, 2.75) is 78.1 Å². The molecule has 0 radical (unpaired) electrons. The average molecular weight is 525 g/mol. The summed E-state index contributed by atoms with van der Waals surface area (Å²) in [5.41, 5.74) is 0.701. The highest BCUT2D eigenvalue weighted by Crippen LogP contribution is 2.65. The fourth-order valence-corrected chi connectivity index (χ4v) is 7.42. The van der Waals surface area contributed by atoms with Gasteiger partial charge in [0.15, 0.2) is 0 Å². The van der Waals surface area contributed by atoms with Gasteiger partial charge in [-0.15, -0.1) is 6.58 Å². The van der Waals surface area contributed by atoms with Crippen LogP contribution in [0.15, 0.2) is 35.8 Å². The van der Waals surface area contributed by atoms with Gasteiger partial charge in [-0.3, -0.25) is 14.5 Å². The van der Waals surface area contributed by atoms with Crippen LogP contribution in [0.5, 0.6) is 0 Å². The maximum Gasteiger partial charge on any atom is 0.481 e.